The summed E-state index contributed by atoms with van der Waals surface area (Å²) >= 11 is 0. The van der Waals surface area contributed by atoms with Crippen molar-refractivity contribution in [3.63, 3.8) is 0 Å². The Morgan fingerprint density at radius 1 is 1.11 bits per heavy atom. The first kappa shape index (κ1) is 17.4. The number of benzene rings is 2. The van der Waals surface area contributed by atoms with Crippen molar-refractivity contribution in [2.45, 2.75) is 40.3 Å². The molecule has 0 atom stereocenters. The molecule has 0 saturated heterocycles. The molecule has 0 unspecified atom stereocenters. The number of carbonyl (C=O) groups is 1. The summed E-state index contributed by atoms with van der Waals surface area (Å²) in [5.74, 6) is -0.540. The van der Waals surface area contributed by atoms with Crippen LogP contribution in [0.15, 0.2) is 40.1 Å². The number of ether oxygens (including phenoxy) is 2. The van der Waals surface area contributed by atoms with E-state index in [0.29, 0.717) is 34.4 Å². The Labute approximate surface area is 212 Å². The van der Waals surface area contributed by atoms with Crippen LogP contribution in [-0.2, 0) is 19.5 Å². The van der Waals surface area contributed by atoms with Crippen molar-refractivity contribution in [2.24, 2.45) is 10.7 Å². The average Bonchev–Trinajstić information content (AvgIpc) is 2.81. The number of methoxy groups -OCH3 is 2. The van der Waals surface area contributed by atoms with Crippen molar-refractivity contribution in [2.75, 3.05) is 20.6 Å². The highest BCUT2D eigenvalue weighted by molar-refractivity contribution is 5.71. The predicted octanol–water partition coefficient (Wildman–Crippen LogP) is 2.72. The van der Waals surface area contributed by atoms with Gasteiger partial charge in [-0.15, -0.1) is 0 Å². The molecule has 1 aliphatic heterocycles. The molecule has 0 fully saturated rings. The zero-order valence-corrected chi connectivity index (χ0v) is 19.8. The Morgan fingerprint density at radius 3 is 2.46 bits per heavy atom. The fraction of sp³-hybridized carbons (Fsp3) is 0.346. The van der Waals surface area contributed by atoms with Crippen molar-refractivity contribution in [1.29, 1.82) is 0 Å². The van der Waals surface area contributed by atoms with Crippen LogP contribution in [0.4, 0.5) is 10.5 Å². The van der Waals surface area contributed by atoms with Gasteiger partial charge in [0.2, 0.25) is 0 Å². The summed E-state index contributed by atoms with van der Waals surface area (Å²) in [6, 6.07) is 7.74. The second-order valence-electron chi connectivity index (χ2n) is 8.53. The molecule has 9 heteroatoms. The number of primary amides is 1. The minimum atomic E-state index is -2.89. The molecule has 0 saturated carbocycles. The molecule has 2 amide bonds. The van der Waals surface area contributed by atoms with Gasteiger partial charge in [0, 0.05) is 31.3 Å². The molecule has 0 radical (unpaired) electrons. The number of nitrogens with one attached hydrogen (secondary N) is 1. The van der Waals surface area contributed by atoms with Gasteiger partial charge in [0.15, 0.2) is 11.5 Å². The lowest BCUT2D eigenvalue weighted by atomic mass is 9.97. The number of nitrogens with two attached hydrogens (primary N) is 1. The standard InChI is InChI=1S/C26H31N5O4/c1-15-10-16(2)24(17(3)11-15)29-23-14-20-19-13-22(35-5)21(34-4)12-18(19)6-8-30(20)26(33)31(23)9-7-28-25(27)32/h10-14H,6-9H2,1-5H3,(H3,27,28,32)/i4D3,5D3. The van der Waals surface area contributed by atoms with Gasteiger partial charge in [-0.2, -0.15) is 0 Å². The number of aryl methyl sites for hydroxylation is 4. The zero-order chi connectivity index (χ0) is 30.3. The first-order valence-electron chi connectivity index (χ1n) is 14.1. The maximum atomic E-state index is 13.8. The van der Waals surface area contributed by atoms with Crippen LogP contribution < -0.4 is 31.7 Å². The van der Waals surface area contributed by atoms with Crippen molar-refractivity contribution in [3.05, 3.63) is 68.6 Å². The minimum Gasteiger partial charge on any atom is -0.493 e. The van der Waals surface area contributed by atoms with Gasteiger partial charge in [-0.1, -0.05) is 17.7 Å². The second kappa shape index (κ2) is 9.69. The summed E-state index contributed by atoms with van der Waals surface area (Å²) < 4.78 is 58.3. The van der Waals surface area contributed by atoms with Gasteiger partial charge in [-0.3, -0.25) is 9.13 Å². The number of hydrogen-bond donors (Lipinski definition) is 2. The van der Waals surface area contributed by atoms with Crippen molar-refractivity contribution < 1.29 is 22.5 Å². The number of aromatic nitrogens is 2. The van der Waals surface area contributed by atoms with Crippen LogP contribution in [0.1, 0.15) is 30.5 Å². The first-order chi connectivity index (χ1) is 19.0. The van der Waals surface area contributed by atoms with E-state index in [-0.39, 0.29) is 31.1 Å². The van der Waals surface area contributed by atoms with Gasteiger partial charge in [-0.25, -0.2) is 14.6 Å². The minimum absolute atomic E-state index is 0.0892. The summed E-state index contributed by atoms with van der Waals surface area (Å²) in [5.41, 5.74) is 10.2. The summed E-state index contributed by atoms with van der Waals surface area (Å²) in [6.07, 6.45) is 0.333. The predicted molar refractivity (Wildman–Crippen MR) is 134 cm³/mol. The van der Waals surface area contributed by atoms with E-state index in [1.54, 1.807) is 6.07 Å². The Balaban J connectivity index is 1.98. The molecule has 9 nitrogen and oxygen atoms in total. The van der Waals surface area contributed by atoms with E-state index in [4.69, 9.17) is 28.4 Å². The van der Waals surface area contributed by atoms with Crippen LogP contribution in [0, 0.1) is 20.8 Å². The first-order valence-corrected chi connectivity index (χ1v) is 11.1. The van der Waals surface area contributed by atoms with E-state index in [0.717, 1.165) is 16.7 Å². The maximum absolute atomic E-state index is 13.8. The smallest absolute Gasteiger partial charge is 0.330 e. The van der Waals surface area contributed by atoms with Crippen LogP contribution >= 0.6 is 0 Å². The maximum Gasteiger partial charge on any atom is 0.330 e. The fourth-order valence-corrected chi connectivity index (χ4v) is 4.56. The van der Waals surface area contributed by atoms with Crippen LogP contribution in [0.3, 0.4) is 0 Å². The van der Waals surface area contributed by atoms with Gasteiger partial charge < -0.3 is 20.5 Å². The van der Waals surface area contributed by atoms with E-state index in [1.165, 1.54) is 21.3 Å². The van der Waals surface area contributed by atoms with Gasteiger partial charge in [0.25, 0.3) is 0 Å². The number of carbonyl (C=O) groups excluding carboxylic acids is 1. The Bertz CT molecular complexity index is 1620. The van der Waals surface area contributed by atoms with Crippen LogP contribution in [0.25, 0.3) is 11.3 Å². The van der Waals surface area contributed by atoms with Crippen LogP contribution in [-0.4, -0.2) is 35.8 Å². The van der Waals surface area contributed by atoms with E-state index in [1.807, 2.05) is 32.9 Å². The third-order valence-electron chi connectivity index (χ3n) is 6.06. The molecular formula is C26H31N5O4. The summed E-state index contributed by atoms with van der Waals surface area (Å²) in [6.45, 7) is 6.25. The lowest BCUT2D eigenvalue weighted by molar-refractivity contribution is 0.248. The van der Waals surface area contributed by atoms with Crippen molar-refractivity contribution in [1.82, 2.24) is 14.5 Å². The van der Waals surface area contributed by atoms with Gasteiger partial charge in [0.1, 0.15) is 5.49 Å². The Hall–Kier alpha value is -4.01. The Morgan fingerprint density at radius 2 is 1.80 bits per heavy atom. The molecule has 35 heavy (non-hydrogen) atoms. The summed E-state index contributed by atoms with van der Waals surface area (Å²) in [4.78, 5) is 29.9. The number of hydrogen-bond acceptors (Lipinski definition) is 5. The number of fused-ring (bicyclic) bond motifs is 3. The fourth-order valence-electron chi connectivity index (χ4n) is 4.56. The van der Waals surface area contributed by atoms with Gasteiger partial charge >= 0.3 is 11.7 Å². The third-order valence-corrected chi connectivity index (χ3v) is 6.06. The lowest BCUT2D eigenvalue weighted by Gasteiger charge is -2.24. The zero-order valence-electron chi connectivity index (χ0n) is 25.8. The normalized spacial score (nSPS) is 15.9. The number of rotatable bonds is 6. The van der Waals surface area contributed by atoms with E-state index < -0.39 is 25.8 Å². The molecule has 184 valence electrons. The molecule has 3 N–H and O–H groups in total. The largest absolute Gasteiger partial charge is 0.493 e. The lowest BCUT2D eigenvalue weighted by Crippen LogP contribution is -2.44. The number of urea groups is 1. The molecule has 3 aromatic rings. The number of nitrogens with zero attached hydrogens (tertiary/aromatic N) is 3. The quantitative estimate of drug-likeness (QED) is 0.561. The topological polar surface area (TPSA) is 113 Å². The molecule has 1 aromatic heterocycles. The molecule has 2 aromatic carbocycles. The van der Waals surface area contributed by atoms with E-state index >= 15 is 0 Å². The average molecular weight is 484 g/mol. The highest BCUT2D eigenvalue weighted by Crippen LogP contribution is 2.37. The number of amides is 2. The van der Waals surface area contributed by atoms with Crippen LogP contribution in [0.5, 0.6) is 11.5 Å². The molecule has 0 aliphatic carbocycles. The van der Waals surface area contributed by atoms with Crippen molar-refractivity contribution in [3.8, 4) is 22.8 Å². The van der Waals surface area contributed by atoms with E-state index in [2.05, 4.69) is 5.32 Å². The molecule has 2 heterocycles. The van der Waals surface area contributed by atoms with E-state index in [9.17, 15) is 9.59 Å². The third kappa shape index (κ3) is 4.66. The Kier molecular flexibility index (Phi) is 4.83. The van der Waals surface area contributed by atoms with Crippen molar-refractivity contribution >= 4 is 11.7 Å². The molecule has 1 aliphatic rings. The molecular weight excluding hydrogens is 446 g/mol. The highest BCUT2D eigenvalue weighted by atomic mass is 16.5. The molecule has 0 spiro atoms. The monoisotopic (exact) mass is 483 g/mol. The highest BCUT2D eigenvalue weighted by Gasteiger charge is 2.22. The second-order valence-corrected chi connectivity index (χ2v) is 8.53. The summed E-state index contributed by atoms with van der Waals surface area (Å²) in [5, 5.41) is 2.49. The van der Waals surface area contributed by atoms with Gasteiger partial charge in [-0.05, 0) is 56.0 Å². The molecule has 0 bridgehead atoms. The summed E-state index contributed by atoms with van der Waals surface area (Å²) in [7, 11) is -5.73. The van der Waals surface area contributed by atoms with Gasteiger partial charge in [0.05, 0.1) is 33.7 Å². The van der Waals surface area contributed by atoms with Crippen LogP contribution in [0.2, 0.25) is 0 Å². The molecule has 4 rings (SSSR count). The SMILES string of the molecule is [2H]C([2H])([2H])Oc1cc2c(cc1OC([2H])([2H])[2H])-c1cc(=Nc3c(C)cc(C)cc3C)n(CCNC(N)=O)c(=O)n1CC2.